The van der Waals surface area contributed by atoms with Gasteiger partial charge in [-0.05, 0) is 6.92 Å². The van der Waals surface area contributed by atoms with E-state index in [-0.39, 0.29) is 25.4 Å². The molecular formula is C22H41NO11. The molecule has 0 amide bonds. The maximum absolute atomic E-state index is 10.4. The summed E-state index contributed by atoms with van der Waals surface area (Å²) in [5, 5.41) is 25.1. The van der Waals surface area contributed by atoms with E-state index in [0.29, 0.717) is 92.5 Å². The van der Waals surface area contributed by atoms with Crippen LogP contribution in [0.4, 0.5) is 0 Å². The van der Waals surface area contributed by atoms with Gasteiger partial charge < -0.3 is 48.1 Å². The van der Waals surface area contributed by atoms with Crippen molar-refractivity contribution < 1.29 is 52.9 Å². The molecule has 0 aromatic carbocycles. The van der Waals surface area contributed by atoms with Crippen molar-refractivity contribution in [1.82, 2.24) is 0 Å². The molecule has 12 nitrogen and oxygen atoms in total. The van der Waals surface area contributed by atoms with E-state index >= 15 is 0 Å². The molecule has 0 saturated carbocycles. The van der Waals surface area contributed by atoms with Gasteiger partial charge in [0, 0.05) is 0 Å². The Balaban J connectivity index is 0. The lowest BCUT2D eigenvalue weighted by Crippen LogP contribution is -2.14. The van der Waals surface area contributed by atoms with E-state index in [1.54, 1.807) is 13.0 Å². The first kappa shape index (κ1) is 34.5. The van der Waals surface area contributed by atoms with Crippen LogP contribution < -0.4 is 0 Å². The molecule has 0 fully saturated rings. The van der Waals surface area contributed by atoms with Crippen molar-refractivity contribution in [3.8, 4) is 6.07 Å². The highest BCUT2D eigenvalue weighted by Crippen LogP contribution is 1.90. The van der Waals surface area contributed by atoms with E-state index in [1.807, 2.05) is 0 Å². The quantitative estimate of drug-likeness (QED) is 0.0782. The van der Waals surface area contributed by atoms with Gasteiger partial charge in [-0.3, -0.25) is 0 Å². The number of carbonyl (C=O) groups excluding carboxylic acids is 1. The Hall–Kier alpha value is -1.66. The Kier molecular flexibility index (Phi) is 31.8. The fourth-order valence-electron chi connectivity index (χ4n) is 1.81. The van der Waals surface area contributed by atoms with Gasteiger partial charge in [0.1, 0.15) is 11.6 Å². The standard InChI is InChI=1S/C16H34O9.C6H7NO2/c17-1-3-19-5-7-21-9-11-23-13-15-25-16-14-24-12-10-22-8-6-20-4-2-18;1-3-9-6(8)5(2)4-7/h17-18H,1-16H2;2-3H2,1H3. The molecule has 0 unspecified atom stereocenters. The first-order chi connectivity index (χ1) is 16.6. The van der Waals surface area contributed by atoms with Gasteiger partial charge in [0.15, 0.2) is 0 Å². The number of esters is 1. The second-order valence-corrected chi connectivity index (χ2v) is 6.04. The number of nitriles is 1. The average molecular weight is 496 g/mol. The fourth-order valence-corrected chi connectivity index (χ4v) is 1.81. The SMILES string of the molecule is C=C(C#N)C(=O)OCC.OCCOCCOCCOCCOCCOCCOCCOCCO. The Labute approximate surface area is 202 Å². The molecule has 200 valence electrons. The van der Waals surface area contributed by atoms with Crippen LogP contribution in [0.5, 0.6) is 0 Å². The molecule has 0 aliphatic carbocycles. The van der Waals surface area contributed by atoms with Crippen LogP contribution in [0, 0.1) is 11.3 Å². The van der Waals surface area contributed by atoms with Crippen molar-refractivity contribution in [1.29, 1.82) is 5.26 Å². The molecule has 0 rings (SSSR count). The van der Waals surface area contributed by atoms with Gasteiger partial charge in [-0.1, -0.05) is 6.58 Å². The maximum Gasteiger partial charge on any atom is 0.348 e. The second kappa shape index (κ2) is 31.3. The molecule has 2 N–H and O–H groups in total. The highest BCUT2D eigenvalue weighted by atomic mass is 16.6. The molecule has 0 bridgehead atoms. The van der Waals surface area contributed by atoms with Gasteiger partial charge in [0.2, 0.25) is 0 Å². The van der Waals surface area contributed by atoms with Crippen LogP contribution in [0.3, 0.4) is 0 Å². The molecule has 0 atom stereocenters. The summed E-state index contributed by atoms with van der Waals surface area (Å²) < 4.78 is 41.1. The van der Waals surface area contributed by atoms with Crippen molar-refractivity contribution >= 4 is 5.97 Å². The number of rotatable bonds is 24. The van der Waals surface area contributed by atoms with Crippen LogP contribution in [0.15, 0.2) is 12.2 Å². The third kappa shape index (κ3) is 30.3. The average Bonchev–Trinajstić information content (AvgIpc) is 2.85. The lowest BCUT2D eigenvalue weighted by Gasteiger charge is -2.08. The molecule has 0 saturated heterocycles. The van der Waals surface area contributed by atoms with Gasteiger partial charge >= 0.3 is 5.97 Å². The lowest BCUT2D eigenvalue weighted by molar-refractivity contribution is -0.137. The van der Waals surface area contributed by atoms with Gasteiger partial charge in [0.25, 0.3) is 0 Å². The smallest absolute Gasteiger partial charge is 0.348 e. The highest BCUT2D eigenvalue weighted by Gasteiger charge is 2.04. The fraction of sp³-hybridized carbons (Fsp3) is 0.818. The second-order valence-electron chi connectivity index (χ2n) is 6.04. The first-order valence-electron chi connectivity index (χ1n) is 11.2. The summed E-state index contributed by atoms with van der Waals surface area (Å²) in [5.41, 5.74) is -0.156. The summed E-state index contributed by atoms with van der Waals surface area (Å²) in [6.45, 7) is 11.9. The van der Waals surface area contributed by atoms with Gasteiger partial charge in [0.05, 0.1) is 112 Å². The van der Waals surface area contributed by atoms with E-state index in [4.69, 9.17) is 48.6 Å². The summed E-state index contributed by atoms with van der Waals surface area (Å²) in [4.78, 5) is 10.4. The predicted molar refractivity (Wildman–Crippen MR) is 121 cm³/mol. The van der Waals surface area contributed by atoms with Crippen LogP contribution in [-0.2, 0) is 42.7 Å². The third-order valence-electron chi connectivity index (χ3n) is 3.36. The van der Waals surface area contributed by atoms with E-state index in [2.05, 4.69) is 11.3 Å². The van der Waals surface area contributed by atoms with Crippen molar-refractivity contribution in [3.63, 3.8) is 0 Å². The zero-order valence-corrected chi connectivity index (χ0v) is 20.2. The largest absolute Gasteiger partial charge is 0.462 e. The molecule has 0 aliphatic rings. The number of aliphatic hydroxyl groups is 2. The summed E-state index contributed by atoms with van der Waals surface area (Å²) in [7, 11) is 0. The van der Waals surface area contributed by atoms with Gasteiger partial charge in [-0.25, -0.2) is 4.79 Å². The normalized spacial score (nSPS) is 10.3. The Bertz CT molecular complexity index is 464. The zero-order valence-electron chi connectivity index (χ0n) is 20.2. The minimum Gasteiger partial charge on any atom is -0.462 e. The van der Waals surface area contributed by atoms with E-state index in [9.17, 15) is 4.79 Å². The molecule has 0 aromatic heterocycles. The lowest BCUT2D eigenvalue weighted by atomic mass is 10.3. The van der Waals surface area contributed by atoms with Crippen molar-refractivity contribution in [2.45, 2.75) is 6.92 Å². The third-order valence-corrected chi connectivity index (χ3v) is 3.36. The Morgan fingerprint density at radius 2 is 0.912 bits per heavy atom. The number of aliphatic hydroxyl groups excluding tert-OH is 2. The topological polar surface area (TPSA) is 155 Å². The number of nitrogens with zero attached hydrogens (tertiary/aromatic N) is 1. The predicted octanol–water partition coefficient (Wildman–Crippen LogP) is -0.284. The highest BCUT2D eigenvalue weighted by molar-refractivity contribution is 5.91. The van der Waals surface area contributed by atoms with Gasteiger partial charge in [-0.15, -0.1) is 0 Å². The number of ether oxygens (including phenoxy) is 8. The van der Waals surface area contributed by atoms with Crippen LogP contribution in [0.25, 0.3) is 0 Å². The van der Waals surface area contributed by atoms with Gasteiger partial charge in [-0.2, -0.15) is 5.26 Å². The van der Waals surface area contributed by atoms with Crippen molar-refractivity contribution in [2.24, 2.45) is 0 Å². The molecule has 34 heavy (non-hydrogen) atoms. The molecular weight excluding hydrogens is 454 g/mol. The van der Waals surface area contributed by atoms with Crippen LogP contribution in [0.2, 0.25) is 0 Å². The molecule has 0 aromatic rings. The van der Waals surface area contributed by atoms with Crippen LogP contribution in [0.1, 0.15) is 6.92 Å². The van der Waals surface area contributed by atoms with E-state index in [0.717, 1.165) is 0 Å². The van der Waals surface area contributed by atoms with Crippen LogP contribution >= 0.6 is 0 Å². The van der Waals surface area contributed by atoms with E-state index < -0.39 is 5.97 Å². The number of hydrogen-bond acceptors (Lipinski definition) is 12. The molecule has 0 aliphatic heterocycles. The Morgan fingerprint density at radius 3 is 1.12 bits per heavy atom. The molecule has 0 radical (unpaired) electrons. The summed E-state index contributed by atoms with van der Waals surface area (Å²) in [6.07, 6.45) is 0. The maximum atomic E-state index is 10.4. The minimum atomic E-state index is -0.639. The molecule has 12 heteroatoms. The summed E-state index contributed by atoms with van der Waals surface area (Å²) in [6, 6.07) is 1.58. The molecule has 0 heterocycles. The van der Waals surface area contributed by atoms with E-state index in [1.165, 1.54) is 0 Å². The number of hydrogen-bond donors (Lipinski definition) is 2. The minimum absolute atomic E-state index is 0.0312. The van der Waals surface area contributed by atoms with Crippen molar-refractivity contribution in [3.05, 3.63) is 12.2 Å². The number of carbonyl (C=O) groups is 1. The summed E-state index contributed by atoms with van der Waals surface area (Å²) >= 11 is 0. The first-order valence-corrected chi connectivity index (χ1v) is 11.2. The zero-order chi connectivity index (χ0) is 25.5. The monoisotopic (exact) mass is 495 g/mol. The molecule has 0 spiro atoms. The van der Waals surface area contributed by atoms with Crippen LogP contribution in [-0.4, -0.2) is 128 Å². The van der Waals surface area contributed by atoms with Crippen molar-refractivity contribution in [2.75, 3.05) is 112 Å². The summed E-state index contributed by atoms with van der Waals surface area (Å²) in [5.74, 6) is -0.639. The Morgan fingerprint density at radius 1 is 0.647 bits per heavy atom.